The molecule has 5 rings (SSSR count). The largest absolute Gasteiger partial charge is 0.497 e. The Bertz CT molecular complexity index is 1300. The second kappa shape index (κ2) is 9.95. The van der Waals surface area contributed by atoms with Crippen LogP contribution in [-0.4, -0.2) is 49.1 Å². The lowest BCUT2D eigenvalue weighted by molar-refractivity contribution is 0.0748. The van der Waals surface area contributed by atoms with Crippen molar-refractivity contribution in [2.45, 2.75) is 9.92 Å². The fraction of sp³-hybridized carbons (Fsp3) is 0.185. The molecule has 172 valence electrons. The van der Waals surface area contributed by atoms with Gasteiger partial charge in [0.25, 0.3) is 5.91 Å². The number of hydrogen-bond acceptors (Lipinski definition) is 5. The Labute approximate surface area is 208 Å². The summed E-state index contributed by atoms with van der Waals surface area (Å²) in [6, 6.07) is 25.5. The summed E-state index contributed by atoms with van der Waals surface area (Å²) in [7, 11) is 1.67. The van der Waals surface area contributed by atoms with Gasteiger partial charge in [0.15, 0.2) is 0 Å². The standard InChI is InChI=1S/C27H24ClN3O2S/c1-33-21-10-8-20(9-11-21)30-14-16-31(17-15-30)27(32)24-18-26(29-25-5-3-2-4-23(24)25)34-22-12-6-19(28)7-13-22/h2-13,18H,14-17H2,1H3. The van der Waals surface area contributed by atoms with Crippen LogP contribution in [0.4, 0.5) is 5.69 Å². The van der Waals surface area contributed by atoms with Gasteiger partial charge in [-0.3, -0.25) is 4.79 Å². The molecule has 1 aliphatic heterocycles. The van der Waals surface area contributed by atoms with Crippen LogP contribution in [-0.2, 0) is 0 Å². The molecule has 1 saturated heterocycles. The van der Waals surface area contributed by atoms with Gasteiger partial charge in [0.05, 0.1) is 18.2 Å². The average molecular weight is 490 g/mol. The van der Waals surface area contributed by atoms with E-state index in [9.17, 15) is 4.79 Å². The van der Waals surface area contributed by atoms with E-state index in [4.69, 9.17) is 21.3 Å². The van der Waals surface area contributed by atoms with Gasteiger partial charge in [-0.05, 0) is 60.7 Å². The number of rotatable bonds is 5. The van der Waals surface area contributed by atoms with Crippen LogP contribution in [0.25, 0.3) is 10.9 Å². The minimum Gasteiger partial charge on any atom is -0.497 e. The van der Waals surface area contributed by atoms with Gasteiger partial charge in [0.2, 0.25) is 0 Å². The van der Waals surface area contributed by atoms with Crippen molar-refractivity contribution in [3.8, 4) is 5.75 Å². The number of carbonyl (C=O) groups excluding carboxylic acids is 1. The molecular formula is C27H24ClN3O2S. The van der Waals surface area contributed by atoms with Crippen molar-refractivity contribution in [1.82, 2.24) is 9.88 Å². The van der Waals surface area contributed by atoms with E-state index in [-0.39, 0.29) is 5.91 Å². The number of anilines is 1. The second-order valence-electron chi connectivity index (χ2n) is 8.06. The van der Waals surface area contributed by atoms with E-state index < -0.39 is 0 Å². The Kier molecular flexibility index (Phi) is 6.61. The summed E-state index contributed by atoms with van der Waals surface area (Å²) in [5.74, 6) is 0.889. The normalized spacial score (nSPS) is 13.8. The van der Waals surface area contributed by atoms with Gasteiger partial charge in [-0.2, -0.15) is 0 Å². The monoisotopic (exact) mass is 489 g/mol. The van der Waals surface area contributed by atoms with Crippen LogP contribution in [0.1, 0.15) is 10.4 Å². The molecule has 0 saturated carbocycles. The number of fused-ring (bicyclic) bond motifs is 1. The lowest BCUT2D eigenvalue weighted by Crippen LogP contribution is -2.48. The molecule has 0 atom stereocenters. The van der Waals surface area contributed by atoms with E-state index in [1.165, 1.54) is 11.8 Å². The quantitative estimate of drug-likeness (QED) is 0.343. The highest BCUT2D eigenvalue weighted by Crippen LogP contribution is 2.31. The van der Waals surface area contributed by atoms with Crippen LogP contribution in [0.5, 0.6) is 5.75 Å². The summed E-state index contributed by atoms with van der Waals surface area (Å²) in [4.78, 5) is 23.7. The van der Waals surface area contributed by atoms with Crippen molar-refractivity contribution < 1.29 is 9.53 Å². The molecule has 3 aromatic carbocycles. The number of halogens is 1. The van der Waals surface area contributed by atoms with Crippen molar-refractivity contribution in [1.29, 1.82) is 0 Å². The fourth-order valence-corrected chi connectivity index (χ4v) is 5.10. The molecule has 0 unspecified atom stereocenters. The third kappa shape index (κ3) is 4.83. The summed E-state index contributed by atoms with van der Waals surface area (Å²) in [6.07, 6.45) is 0. The van der Waals surface area contributed by atoms with Gasteiger partial charge in [0, 0.05) is 47.2 Å². The minimum atomic E-state index is 0.0472. The molecule has 2 heterocycles. The first-order valence-corrected chi connectivity index (χ1v) is 12.3. The lowest BCUT2D eigenvalue weighted by atomic mass is 10.1. The highest BCUT2D eigenvalue weighted by atomic mass is 35.5. The Balaban J connectivity index is 1.36. The zero-order valence-corrected chi connectivity index (χ0v) is 20.4. The molecule has 5 nitrogen and oxygen atoms in total. The zero-order valence-electron chi connectivity index (χ0n) is 18.8. The van der Waals surface area contributed by atoms with Crippen LogP contribution in [0.3, 0.4) is 0 Å². The molecule has 0 radical (unpaired) electrons. The number of benzene rings is 3. The number of carbonyl (C=O) groups is 1. The van der Waals surface area contributed by atoms with Gasteiger partial charge in [-0.25, -0.2) is 4.98 Å². The Morgan fingerprint density at radius 3 is 2.35 bits per heavy atom. The van der Waals surface area contributed by atoms with Crippen LogP contribution < -0.4 is 9.64 Å². The van der Waals surface area contributed by atoms with Crippen LogP contribution in [0.15, 0.2) is 88.8 Å². The van der Waals surface area contributed by atoms with Crippen molar-refractivity contribution in [3.05, 3.63) is 89.4 Å². The highest BCUT2D eigenvalue weighted by Gasteiger charge is 2.24. The van der Waals surface area contributed by atoms with Crippen molar-refractivity contribution in [3.63, 3.8) is 0 Å². The molecule has 1 aliphatic rings. The van der Waals surface area contributed by atoms with Gasteiger partial charge >= 0.3 is 0 Å². The number of pyridine rings is 1. The summed E-state index contributed by atoms with van der Waals surface area (Å²) >= 11 is 7.56. The van der Waals surface area contributed by atoms with E-state index in [0.717, 1.165) is 45.4 Å². The number of amides is 1. The van der Waals surface area contributed by atoms with Crippen molar-refractivity contribution in [2.24, 2.45) is 0 Å². The predicted octanol–water partition coefficient (Wildman–Crippen LogP) is 6.01. The predicted molar refractivity (Wildman–Crippen MR) is 138 cm³/mol. The van der Waals surface area contributed by atoms with Gasteiger partial charge in [0.1, 0.15) is 10.8 Å². The van der Waals surface area contributed by atoms with E-state index in [0.29, 0.717) is 23.7 Å². The first kappa shape index (κ1) is 22.6. The molecule has 0 bridgehead atoms. The maximum absolute atomic E-state index is 13.6. The van der Waals surface area contributed by atoms with E-state index in [2.05, 4.69) is 17.0 Å². The van der Waals surface area contributed by atoms with E-state index in [1.54, 1.807) is 7.11 Å². The number of para-hydroxylation sites is 1. The molecule has 1 fully saturated rings. The zero-order chi connectivity index (χ0) is 23.5. The summed E-state index contributed by atoms with van der Waals surface area (Å²) in [5.41, 5.74) is 2.66. The first-order valence-electron chi connectivity index (χ1n) is 11.1. The minimum absolute atomic E-state index is 0.0472. The molecule has 0 aliphatic carbocycles. The molecule has 34 heavy (non-hydrogen) atoms. The number of ether oxygens (including phenoxy) is 1. The summed E-state index contributed by atoms with van der Waals surface area (Å²) in [5, 5.41) is 2.37. The Hall–Kier alpha value is -3.22. The van der Waals surface area contributed by atoms with Crippen molar-refractivity contribution in [2.75, 3.05) is 38.2 Å². The average Bonchev–Trinajstić information content (AvgIpc) is 2.89. The molecule has 1 amide bonds. The molecule has 0 spiro atoms. The first-order chi connectivity index (χ1) is 16.6. The summed E-state index contributed by atoms with van der Waals surface area (Å²) < 4.78 is 5.26. The Morgan fingerprint density at radius 2 is 1.65 bits per heavy atom. The van der Waals surface area contributed by atoms with E-state index in [1.807, 2.05) is 71.6 Å². The number of methoxy groups -OCH3 is 1. The molecule has 4 aromatic rings. The lowest BCUT2D eigenvalue weighted by Gasteiger charge is -2.36. The third-order valence-corrected chi connectivity index (χ3v) is 7.14. The fourth-order valence-electron chi connectivity index (χ4n) is 4.13. The molecule has 0 N–H and O–H groups in total. The van der Waals surface area contributed by atoms with Crippen LogP contribution in [0, 0.1) is 0 Å². The topological polar surface area (TPSA) is 45.7 Å². The van der Waals surface area contributed by atoms with Gasteiger partial charge < -0.3 is 14.5 Å². The smallest absolute Gasteiger partial charge is 0.254 e. The molecular weight excluding hydrogens is 466 g/mol. The van der Waals surface area contributed by atoms with Crippen LogP contribution in [0.2, 0.25) is 5.02 Å². The van der Waals surface area contributed by atoms with Gasteiger partial charge in [-0.1, -0.05) is 41.6 Å². The van der Waals surface area contributed by atoms with E-state index >= 15 is 0 Å². The number of aromatic nitrogens is 1. The molecule has 1 aromatic heterocycles. The maximum atomic E-state index is 13.6. The maximum Gasteiger partial charge on any atom is 0.254 e. The highest BCUT2D eigenvalue weighted by molar-refractivity contribution is 7.99. The number of nitrogens with zero attached hydrogens (tertiary/aromatic N) is 3. The Morgan fingerprint density at radius 1 is 0.941 bits per heavy atom. The number of hydrogen-bond donors (Lipinski definition) is 0. The summed E-state index contributed by atoms with van der Waals surface area (Å²) in [6.45, 7) is 2.91. The SMILES string of the molecule is COc1ccc(N2CCN(C(=O)c3cc(Sc4ccc(Cl)cc4)nc4ccccc34)CC2)cc1. The third-order valence-electron chi connectivity index (χ3n) is 5.96. The molecule has 7 heteroatoms. The number of piperazine rings is 1. The van der Waals surface area contributed by atoms with Gasteiger partial charge in [-0.15, -0.1) is 0 Å². The van der Waals surface area contributed by atoms with Crippen LogP contribution >= 0.6 is 23.4 Å². The second-order valence-corrected chi connectivity index (χ2v) is 9.59. The van der Waals surface area contributed by atoms with Crippen molar-refractivity contribution >= 4 is 45.9 Å².